The maximum atomic E-state index is 11.7. The number of carboxylic acids is 1. The molecule has 4 aliphatic carbocycles. The van der Waals surface area contributed by atoms with Crippen LogP contribution in [0.5, 0.6) is 0 Å². The maximum Gasteiger partial charge on any atom is 0.321 e. The second kappa shape index (κ2) is 7.15. The lowest BCUT2D eigenvalue weighted by Gasteiger charge is -2.58. The van der Waals surface area contributed by atoms with Gasteiger partial charge < -0.3 is 9.84 Å². The van der Waals surface area contributed by atoms with Gasteiger partial charge in [0.15, 0.2) is 0 Å². The van der Waals surface area contributed by atoms with Gasteiger partial charge in [0.1, 0.15) is 12.0 Å². The molecule has 0 radical (unpaired) electrons. The number of nitriles is 1. The number of hydrogen-bond acceptors (Lipinski definition) is 4. The van der Waals surface area contributed by atoms with Crippen LogP contribution in [-0.4, -0.2) is 23.1 Å². The summed E-state index contributed by atoms with van der Waals surface area (Å²) < 4.78 is 5.52. The number of rotatable bonds is 3. The van der Waals surface area contributed by atoms with Gasteiger partial charge in [-0.3, -0.25) is 9.59 Å². The van der Waals surface area contributed by atoms with Gasteiger partial charge in [0, 0.05) is 13.3 Å². The van der Waals surface area contributed by atoms with Gasteiger partial charge in [0.2, 0.25) is 0 Å². The van der Waals surface area contributed by atoms with Crippen LogP contribution in [0.1, 0.15) is 72.1 Å². The van der Waals surface area contributed by atoms with Crippen LogP contribution in [0.3, 0.4) is 0 Å². The van der Waals surface area contributed by atoms with E-state index in [1.54, 1.807) is 0 Å². The van der Waals surface area contributed by atoms with Gasteiger partial charge in [-0.15, -0.1) is 0 Å². The van der Waals surface area contributed by atoms with Crippen molar-refractivity contribution >= 4 is 11.9 Å². The molecule has 29 heavy (non-hydrogen) atoms. The van der Waals surface area contributed by atoms with Crippen molar-refractivity contribution in [3.8, 4) is 6.07 Å². The lowest BCUT2D eigenvalue weighted by atomic mass is 9.47. The number of aliphatic carboxylic acids is 1. The molecule has 8 atom stereocenters. The Morgan fingerprint density at radius 2 is 1.97 bits per heavy atom. The van der Waals surface area contributed by atoms with Gasteiger partial charge in [0.05, 0.1) is 6.07 Å². The van der Waals surface area contributed by atoms with Crippen molar-refractivity contribution < 1.29 is 19.4 Å². The molecule has 4 aliphatic rings. The minimum atomic E-state index is -0.955. The molecule has 5 nitrogen and oxygen atoms in total. The van der Waals surface area contributed by atoms with E-state index in [-0.39, 0.29) is 28.8 Å². The monoisotopic (exact) mass is 399 g/mol. The summed E-state index contributed by atoms with van der Waals surface area (Å²) in [6.45, 7) is 6.16. The molecule has 0 amide bonds. The van der Waals surface area contributed by atoms with E-state index >= 15 is 0 Å². The Hall–Kier alpha value is -1.83. The fourth-order valence-electron chi connectivity index (χ4n) is 7.87. The van der Waals surface area contributed by atoms with E-state index in [0.717, 1.165) is 51.4 Å². The van der Waals surface area contributed by atoms with Crippen LogP contribution in [0.25, 0.3) is 0 Å². The molecule has 158 valence electrons. The standard InChI is InChI=1S/C24H33NO4/c1-14(26)29-16-8-10-23(2)15(12-16)4-5-17-19-6-7-20(18(13-25)22(27)28)24(19,3)11-9-21(17)23/h4,16-21H,5-12H2,1-3H3,(H,27,28)/t16-,17-,18?,19-,20+,21-,23-,24-/m0/s1. The molecule has 0 aromatic carbocycles. The summed E-state index contributed by atoms with van der Waals surface area (Å²) in [4.78, 5) is 23.1. The number of carbonyl (C=O) groups excluding carboxylic acids is 1. The summed E-state index contributed by atoms with van der Waals surface area (Å²) in [6, 6.07) is 2.09. The lowest BCUT2D eigenvalue weighted by Crippen LogP contribution is -2.51. The van der Waals surface area contributed by atoms with Crippen molar-refractivity contribution in [3.05, 3.63) is 11.6 Å². The molecule has 1 N–H and O–H groups in total. The average Bonchev–Trinajstić information content (AvgIpc) is 2.99. The molecular formula is C24H33NO4. The number of ether oxygens (including phenoxy) is 1. The number of hydrogen-bond donors (Lipinski definition) is 1. The molecule has 0 heterocycles. The summed E-state index contributed by atoms with van der Waals surface area (Å²) in [5.74, 6) is -0.372. The molecule has 4 rings (SSSR count). The molecule has 0 bridgehead atoms. The molecule has 3 saturated carbocycles. The third-order valence-electron chi connectivity index (χ3n) is 9.27. The highest BCUT2D eigenvalue weighted by Crippen LogP contribution is 2.67. The average molecular weight is 400 g/mol. The molecule has 0 aliphatic heterocycles. The third-order valence-corrected chi connectivity index (χ3v) is 9.27. The van der Waals surface area contributed by atoms with E-state index in [1.807, 2.05) is 0 Å². The summed E-state index contributed by atoms with van der Waals surface area (Å²) in [7, 11) is 0. The second-order valence-electron chi connectivity index (χ2n) is 10.4. The Bertz CT molecular complexity index is 782. The summed E-state index contributed by atoms with van der Waals surface area (Å²) in [5, 5.41) is 19.1. The minimum Gasteiger partial charge on any atom is -0.480 e. The van der Waals surface area contributed by atoms with Crippen molar-refractivity contribution in [1.29, 1.82) is 5.26 Å². The summed E-state index contributed by atoms with van der Waals surface area (Å²) in [5.41, 5.74) is 1.59. The van der Waals surface area contributed by atoms with Crippen LogP contribution in [0.2, 0.25) is 0 Å². The minimum absolute atomic E-state index is 0.0139. The molecule has 0 saturated heterocycles. The highest BCUT2D eigenvalue weighted by molar-refractivity contribution is 5.73. The van der Waals surface area contributed by atoms with Crippen molar-refractivity contribution in [1.82, 2.24) is 0 Å². The molecule has 0 spiro atoms. The van der Waals surface area contributed by atoms with Gasteiger partial charge >= 0.3 is 11.9 Å². The molecule has 3 fully saturated rings. The molecule has 5 heteroatoms. The quantitative estimate of drug-likeness (QED) is 0.548. The molecule has 0 aromatic heterocycles. The Morgan fingerprint density at radius 3 is 2.62 bits per heavy atom. The SMILES string of the molecule is CC(=O)O[C@H]1CC[C@@]2(C)C(=CC[C@H]3[C@@H]4CC[C@H](C(C#N)C(=O)O)[C@@]4(C)CC[C@@H]32)C1. The van der Waals surface area contributed by atoms with Crippen LogP contribution < -0.4 is 0 Å². The second-order valence-corrected chi connectivity index (χ2v) is 10.4. The van der Waals surface area contributed by atoms with Crippen LogP contribution in [0.4, 0.5) is 0 Å². The topological polar surface area (TPSA) is 87.4 Å². The molecular weight excluding hydrogens is 366 g/mol. The van der Waals surface area contributed by atoms with Crippen LogP contribution in [0.15, 0.2) is 11.6 Å². The first-order valence-corrected chi connectivity index (χ1v) is 11.2. The predicted molar refractivity (Wildman–Crippen MR) is 107 cm³/mol. The summed E-state index contributed by atoms with van der Waals surface area (Å²) >= 11 is 0. The Balaban J connectivity index is 1.58. The van der Waals surface area contributed by atoms with Crippen LogP contribution in [0, 0.1) is 51.8 Å². The van der Waals surface area contributed by atoms with Crippen molar-refractivity contribution in [2.45, 2.75) is 78.2 Å². The van der Waals surface area contributed by atoms with Gasteiger partial charge in [0.25, 0.3) is 0 Å². The Kier molecular flexibility index (Phi) is 5.04. The number of allylic oxidation sites excluding steroid dienone is 1. The third kappa shape index (κ3) is 3.10. The number of carboxylic acid groups (broad SMARTS) is 1. The first kappa shape index (κ1) is 20.4. The lowest BCUT2D eigenvalue weighted by molar-refractivity contribution is -0.148. The first-order valence-electron chi connectivity index (χ1n) is 11.2. The Labute approximate surface area is 173 Å². The normalized spacial score (nSPS) is 44.3. The number of esters is 1. The highest BCUT2D eigenvalue weighted by Gasteiger charge is 2.60. The largest absolute Gasteiger partial charge is 0.480 e. The highest BCUT2D eigenvalue weighted by atomic mass is 16.5. The molecule has 1 unspecified atom stereocenters. The van der Waals surface area contributed by atoms with E-state index in [4.69, 9.17) is 4.74 Å². The van der Waals surface area contributed by atoms with Crippen molar-refractivity contribution in [2.24, 2.45) is 40.4 Å². The zero-order chi connectivity index (χ0) is 21.0. The maximum absolute atomic E-state index is 11.7. The first-order chi connectivity index (χ1) is 13.7. The smallest absolute Gasteiger partial charge is 0.321 e. The van der Waals surface area contributed by atoms with Crippen LogP contribution >= 0.6 is 0 Å². The summed E-state index contributed by atoms with van der Waals surface area (Å²) in [6.07, 6.45) is 10.3. The van der Waals surface area contributed by atoms with E-state index in [1.165, 1.54) is 12.5 Å². The predicted octanol–water partition coefficient (Wildman–Crippen LogP) is 4.72. The fraction of sp³-hybridized carbons (Fsp3) is 0.792. The van der Waals surface area contributed by atoms with Gasteiger partial charge in [-0.25, -0.2) is 0 Å². The van der Waals surface area contributed by atoms with Gasteiger partial charge in [-0.1, -0.05) is 25.5 Å². The number of carbonyl (C=O) groups is 2. The van der Waals surface area contributed by atoms with E-state index in [9.17, 15) is 20.0 Å². The van der Waals surface area contributed by atoms with E-state index < -0.39 is 11.9 Å². The Morgan fingerprint density at radius 1 is 1.21 bits per heavy atom. The van der Waals surface area contributed by atoms with E-state index in [2.05, 4.69) is 26.0 Å². The zero-order valence-corrected chi connectivity index (χ0v) is 17.8. The van der Waals surface area contributed by atoms with Crippen molar-refractivity contribution in [3.63, 3.8) is 0 Å². The van der Waals surface area contributed by atoms with Crippen molar-refractivity contribution in [2.75, 3.05) is 0 Å². The van der Waals surface area contributed by atoms with Gasteiger partial charge in [-0.05, 0) is 79.4 Å². The van der Waals surface area contributed by atoms with E-state index in [0.29, 0.717) is 17.8 Å². The number of nitrogens with zero attached hydrogens (tertiary/aromatic N) is 1. The molecule has 0 aromatic rings. The fourth-order valence-corrected chi connectivity index (χ4v) is 7.87. The zero-order valence-electron chi connectivity index (χ0n) is 17.8. The van der Waals surface area contributed by atoms with Crippen LogP contribution in [-0.2, 0) is 14.3 Å². The van der Waals surface area contributed by atoms with Gasteiger partial charge in [-0.2, -0.15) is 5.26 Å². The number of fused-ring (bicyclic) bond motifs is 5.